The first-order valence-electron chi connectivity index (χ1n) is 13.6. The molecule has 0 bridgehead atoms. The lowest BCUT2D eigenvalue weighted by atomic mass is 9.94. The maximum Gasteiger partial charge on any atom is 0.0560 e. The van der Waals surface area contributed by atoms with Crippen molar-refractivity contribution < 1.29 is 0 Å². The van der Waals surface area contributed by atoms with Gasteiger partial charge < -0.3 is 4.90 Å². The summed E-state index contributed by atoms with van der Waals surface area (Å²) in [6.45, 7) is 0. The van der Waals surface area contributed by atoms with E-state index in [2.05, 4.69) is 163 Å². The summed E-state index contributed by atoms with van der Waals surface area (Å²) in [7, 11) is 0. The van der Waals surface area contributed by atoms with Crippen molar-refractivity contribution in [1.29, 1.82) is 0 Å². The van der Waals surface area contributed by atoms with Crippen LogP contribution in [0.1, 0.15) is 12.0 Å². The van der Waals surface area contributed by atoms with Crippen LogP contribution in [0.15, 0.2) is 158 Å². The Labute approximate surface area is 230 Å². The second kappa shape index (κ2) is 10.1. The van der Waals surface area contributed by atoms with Crippen molar-refractivity contribution in [2.75, 3.05) is 4.90 Å². The van der Waals surface area contributed by atoms with Gasteiger partial charge in [-0.3, -0.25) is 0 Å². The molecule has 39 heavy (non-hydrogen) atoms. The van der Waals surface area contributed by atoms with Gasteiger partial charge in [-0.25, -0.2) is 0 Å². The number of fused-ring (bicyclic) bond motifs is 3. The zero-order valence-corrected chi connectivity index (χ0v) is 21.7. The maximum absolute atomic E-state index is 2.53. The topological polar surface area (TPSA) is 3.24 Å². The average molecular weight is 500 g/mol. The molecule has 7 rings (SSSR count). The largest absolute Gasteiger partial charge is 0.334 e. The lowest BCUT2D eigenvalue weighted by molar-refractivity contribution is 0.789. The summed E-state index contributed by atoms with van der Waals surface area (Å²) in [6.07, 6.45) is 7.98. The summed E-state index contributed by atoms with van der Waals surface area (Å²) in [5.41, 5.74) is 7.45. The van der Waals surface area contributed by atoms with Gasteiger partial charge in [-0.1, -0.05) is 140 Å². The molecule has 1 aliphatic carbocycles. The van der Waals surface area contributed by atoms with Crippen molar-refractivity contribution in [1.82, 2.24) is 0 Å². The molecule has 6 aromatic carbocycles. The monoisotopic (exact) mass is 499 g/mol. The molecule has 0 N–H and O–H groups in total. The molecular formula is C38H29N. The Morgan fingerprint density at radius 2 is 1.15 bits per heavy atom. The number of hydrogen-bond donors (Lipinski definition) is 0. The quantitative estimate of drug-likeness (QED) is 0.213. The molecule has 0 radical (unpaired) electrons. The van der Waals surface area contributed by atoms with E-state index in [1.165, 1.54) is 55.2 Å². The summed E-state index contributed by atoms with van der Waals surface area (Å²) < 4.78 is 0. The second-order valence-corrected chi connectivity index (χ2v) is 10.1. The molecule has 1 atom stereocenters. The summed E-state index contributed by atoms with van der Waals surface area (Å²) in [5, 5.41) is 5.12. The highest BCUT2D eigenvalue weighted by Gasteiger charge is 2.23. The lowest BCUT2D eigenvalue weighted by Gasteiger charge is -2.34. The van der Waals surface area contributed by atoms with Crippen LogP contribution in [0.25, 0.3) is 38.2 Å². The zero-order chi connectivity index (χ0) is 26.0. The molecule has 1 aliphatic rings. The maximum atomic E-state index is 2.53. The van der Waals surface area contributed by atoms with E-state index < -0.39 is 0 Å². The van der Waals surface area contributed by atoms with Crippen LogP contribution >= 0.6 is 0 Å². The van der Waals surface area contributed by atoms with Crippen molar-refractivity contribution >= 4 is 38.5 Å². The fraction of sp³-hybridized carbons (Fsp3) is 0.0526. The van der Waals surface area contributed by atoms with Gasteiger partial charge in [-0.2, -0.15) is 0 Å². The SMILES string of the molecule is C1=CC(N(c2ccc(-c3ccccc3)cc2)c2cccc3ccc4ccccc4c23)CC=C1c1ccccc1. The van der Waals surface area contributed by atoms with Gasteiger partial charge >= 0.3 is 0 Å². The first kappa shape index (κ1) is 23.3. The third-order valence-electron chi connectivity index (χ3n) is 7.78. The highest BCUT2D eigenvalue weighted by Crippen LogP contribution is 2.40. The van der Waals surface area contributed by atoms with Gasteiger partial charge in [0.15, 0.2) is 0 Å². The number of rotatable bonds is 5. The average Bonchev–Trinajstić information content (AvgIpc) is 3.03. The Kier molecular flexibility index (Phi) is 6.03. The van der Waals surface area contributed by atoms with Crippen LogP contribution in [0.5, 0.6) is 0 Å². The Morgan fingerprint density at radius 3 is 1.90 bits per heavy atom. The van der Waals surface area contributed by atoms with E-state index in [4.69, 9.17) is 0 Å². The molecule has 1 heteroatoms. The molecule has 1 unspecified atom stereocenters. The zero-order valence-electron chi connectivity index (χ0n) is 21.7. The third kappa shape index (κ3) is 4.43. The molecule has 0 saturated carbocycles. The molecule has 186 valence electrons. The highest BCUT2D eigenvalue weighted by atomic mass is 15.2. The minimum atomic E-state index is 0.199. The molecule has 1 nitrogen and oxygen atoms in total. The van der Waals surface area contributed by atoms with E-state index in [9.17, 15) is 0 Å². The molecule has 6 aromatic rings. The number of allylic oxidation sites excluding steroid dienone is 2. The Balaban J connectivity index is 1.36. The van der Waals surface area contributed by atoms with Crippen LogP contribution < -0.4 is 4.90 Å². The van der Waals surface area contributed by atoms with Gasteiger partial charge in [0.05, 0.1) is 11.7 Å². The van der Waals surface area contributed by atoms with Crippen molar-refractivity contribution in [2.24, 2.45) is 0 Å². The van der Waals surface area contributed by atoms with Gasteiger partial charge in [0.1, 0.15) is 0 Å². The molecule has 0 aromatic heterocycles. The molecule has 0 fully saturated rings. The van der Waals surface area contributed by atoms with E-state index in [0.717, 1.165) is 6.42 Å². The fourth-order valence-corrected chi connectivity index (χ4v) is 5.84. The molecule has 0 spiro atoms. The number of nitrogens with zero attached hydrogens (tertiary/aromatic N) is 1. The van der Waals surface area contributed by atoms with Crippen LogP contribution in [-0.2, 0) is 0 Å². The third-order valence-corrected chi connectivity index (χ3v) is 7.78. The minimum absolute atomic E-state index is 0.199. The van der Waals surface area contributed by atoms with Gasteiger partial charge in [0, 0.05) is 11.1 Å². The van der Waals surface area contributed by atoms with Crippen LogP contribution in [-0.4, -0.2) is 6.04 Å². The molecule has 0 saturated heterocycles. The number of hydrogen-bond acceptors (Lipinski definition) is 1. The normalized spacial score (nSPS) is 14.9. The minimum Gasteiger partial charge on any atom is -0.334 e. The van der Waals surface area contributed by atoms with E-state index in [1.54, 1.807) is 0 Å². The molecular weight excluding hydrogens is 470 g/mol. The van der Waals surface area contributed by atoms with Crippen molar-refractivity contribution in [2.45, 2.75) is 12.5 Å². The Morgan fingerprint density at radius 1 is 0.513 bits per heavy atom. The van der Waals surface area contributed by atoms with E-state index in [0.29, 0.717) is 0 Å². The van der Waals surface area contributed by atoms with Crippen LogP contribution in [0.2, 0.25) is 0 Å². The van der Waals surface area contributed by atoms with Crippen LogP contribution in [0.4, 0.5) is 11.4 Å². The van der Waals surface area contributed by atoms with Crippen molar-refractivity contribution in [3.63, 3.8) is 0 Å². The predicted molar refractivity (Wildman–Crippen MR) is 167 cm³/mol. The summed E-state index contributed by atoms with van der Waals surface area (Å²) >= 11 is 0. The standard InChI is InChI=1S/C38H29N/c1-3-10-28(11-4-1)30-20-24-34(25-21-30)39(35-26-22-31(23-27-35)29-12-5-2-6-13-29)37-17-9-15-33-19-18-32-14-7-8-16-36(32)38(33)37/h1-26,35H,27H2. The number of benzene rings is 6. The van der Waals surface area contributed by atoms with Gasteiger partial charge in [0.2, 0.25) is 0 Å². The Hall–Kier alpha value is -4.88. The number of anilines is 2. The van der Waals surface area contributed by atoms with Gasteiger partial charge in [-0.05, 0) is 63.0 Å². The fourth-order valence-electron chi connectivity index (χ4n) is 5.84. The first-order chi connectivity index (χ1) is 19.3. The van der Waals surface area contributed by atoms with E-state index in [-0.39, 0.29) is 6.04 Å². The van der Waals surface area contributed by atoms with Gasteiger partial charge in [-0.15, -0.1) is 0 Å². The molecule has 0 aliphatic heterocycles. The van der Waals surface area contributed by atoms with E-state index >= 15 is 0 Å². The van der Waals surface area contributed by atoms with Crippen molar-refractivity contribution in [3.8, 4) is 11.1 Å². The Bertz CT molecular complexity index is 1810. The predicted octanol–water partition coefficient (Wildman–Crippen LogP) is 10.2. The smallest absolute Gasteiger partial charge is 0.0560 e. The molecule has 0 amide bonds. The molecule has 0 heterocycles. The van der Waals surface area contributed by atoms with Crippen molar-refractivity contribution in [3.05, 3.63) is 163 Å². The second-order valence-electron chi connectivity index (χ2n) is 10.1. The van der Waals surface area contributed by atoms with Crippen LogP contribution in [0.3, 0.4) is 0 Å². The lowest BCUT2D eigenvalue weighted by Crippen LogP contribution is -2.30. The summed E-state index contributed by atoms with van der Waals surface area (Å²) in [6, 6.07) is 50.4. The first-order valence-corrected chi connectivity index (χ1v) is 13.6. The van der Waals surface area contributed by atoms with Crippen LogP contribution in [0, 0.1) is 0 Å². The highest BCUT2D eigenvalue weighted by molar-refractivity contribution is 6.14. The summed E-state index contributed by atoms with van der Waals surface area (Å²) in [5.74, 6) is 0. The van der Waals surface area contributed by atoms with E-state index in [1.807, 2.05) is 0 Å². The van der Waals surface area contributed by atoms with Gasteiger partial charge in [0.25, 0.3) is 0 Å². The summed E-state index contributed by atoms with van der Waals surface area (Å²) in [4.78, 5) is 2.53.